The molecule has 0 spiro atoms. The number of anilines is 1. The quantitative estimate of drug-likeness (QED) is 0.408. The van der Waals surface area contributed by atoms with E-state index >= 15 is 0 Å². The normalized spacial score (nSPS) is 24.7. The minimum Gasteiger partial charge on any atom is -0.377 e. The van der Waals surface area contributed by atoms with E-state index in [1.54, 1.807) is 18.5 Å². The lowest BCUT2D eigenvalue weighted by Gasteiger charge is -2.45. The van der Waals surface area contributed by atoms with Crippen molar-refractivity contribution in [2.24, 2.45) is 13.0 Å². The van der Waals surface area contributed by atoms with Crippen molar-refractivity contribution in [3.63, 3.8) is 0 Å². The first-order valence-electron chi connectivity index (χ1n) is 14.3. The van der Waals surface area contributed by atoms with Crippen molar-refractivity contribution in [3.8, 4) is 6.07 Å². The van der Waals surface area contributed by atoms with Crippen LogP contribution in [-0.4, -0.2) is 51.4 Å². The number of aromatic nitrogens is 3. The van der Waals surface area contributed by atoms with Crippen molar-refractivity contribution < 1.29 is 22.7 Å². The van der Waals surface area contributed by atoms with Crippen molar-refractivity contribution in [1.82, 2.24) is 19.7 Å². The van der Waals surface area contributed by atoms with Crippen molar-refractivity contribution in [2.45, 2.75) is 63.4 Å². The number of rotatable bonds is 6. The summed E-state index contributed by atoms with van der Waals surface area (Å²) in [7, 11) is 1.87. The molecule has 2 fully saturated rings. The summed E-state index contributed by atoms with van der Waals surface area (Å²) in [6.45, 7) is 4.08. The third-order valence-electron chi connectivity index (χ3n) is 8.88. The fraction of sp³-hybridized carbons (Fsp3) is 0.484. The highest BCUT2D eigenvalue weighted by atomic mass is 19.4. The van der Waals surface area contributed by atoms with Crippen molar-refractivity contribution in [1.29, 1.82) is 5.26 Å². The number of fused-ring (bicyclic) bond motifs is 1. The van der Waals surface area contributed by atoms with Crippen LogP contribution < -0.4 is 4.90 Å². The van der Waals surface area contributed by atoms with E-state index < -0.39 is 17.6 Å². The zero-order chi connectivity index (χ0) is 29.6. The number of carbonyl (C=O) groups is 1. The van der Waals surface area contributed by atoms with Gasteiger partial charge in [-0.1, -0.05) is 12.1 Å². The fourth-order valence-corrected chi connectivity index (χ4v) is 6.73. The van der Waals surface area contributed by atoms with E-state index in [9.17, 15) is 23.2 Å². The minimum absolute atomic E-state index is 0.00974. The molecule has 1 atom stereocenters. The van der Waals surface area contributed by atoms with Gasteiger partial charge in [0.1, 0.15) is 12.2 Å². The van der Waals surface area contributed by atoms with Gasteiger partial charge in [0.2, 0.25) is 0 Å². The van der Waals surface area contributed by atoms with Crippen molar-refractivity contribution in [2.75, 3.05) is 24.6 Å². The second kappa shape index (κ2) is 10.8. The molecule has 1 saturated carbocycles. The highest BCUT2D eigenvalue weighted by molar-refractivity contribution is 6.10. The smallest absolute Gasteiger partial charge is 0.377 e. The van der Waals surface area contributed by atoms with E-state index in [1.165, 1.54) is 11.0 Å². The number of benzene rings is 2. The number of amides is 1. The van der Waals surface area contributed by atoms with Crippen LogP contribution in [0.3, 0.4) is 0 Å². The molecule has 1 aromatic heterocycles. The Balaban J connectivity index is 1.31. The van der Waals surface area contributed by atoms with Gasteiger partial charge in [-0.3, -0.25) is 9.69 Å². The molecule has 0 bridgehead atoms. The van der Waals surface area contributed by atoms with Crippen LogP contribution in [0.1, 0.15) is 64.6 Å². The highest BCUT2D eigenvalue weighted by Gasteiger charge is 2.47. The molecule has 3 aliphatic rings. The molecule has 1 saturated heterocycles. The second-order valence-electron chi connectivity index (χ2n) is 11.9. The van der Waals surface area contributed by atoms with Gasteiger partial charge in [-0.05, 0) is 67.1 Å². The summed E-state index contributed by atoms with van der Waals surface area (Å²) in [5.41, 5.74) is 0.939. The Morgan fingerprint density at radius 1 is 1.21 bits per heavy atom. The molecule has 42 heavy (non-hydrogen) atoms. The number of nitrogens with zero attached hydrogens (tertiary/aromatic N) is 6. The molecule has 11 heteroatoms. The molecule has 1 amide bonds. The Morgan fingerprint density at radius 3 is 2.74 bits per heavy atom. The largest absolute Gasteiger partial charge is 0.416 e. The first-order valence-corrected chi connectivity index (χ1v) is 14.3. The van der Waals surface area contributed by atoms with Crippen molar-refractivity contribution >= 4 is 11.6 Å². The van der Waals surface area contributed by atoms with E-state index in [1.807, 2.05) is 36.7 Å². The lowest BCUT2D eigenvalue weighted by Crippen LogP contribution is -2.43. The maximum atomic E-state index is 14.3. The number of hydrogen-bond donors (Lipinski definition) is 0. The van der Waals surface area contributed by atoms with Gasteiger partial charge in [-0.25, -0.2) is 0 Å². The van der Waals surface area contributed by atoms with Crippen LogP contribution in [0.5, 0.6) is 0 Å². The molecule has 220 valence electrons. The van der Waals surface area contributed by atoms with Gasteiger partial charge in [-0.15, -0.1) is 10.2 Å². The topological polar surface area (TPSA) is 87.3 Å². The number of nitriles is 1. The minimum atomic E-state index is -4.59. The Hall–Kier alpha value is -3.75. The van der Waals surface area contributed by atoms with Crippen molar-refractivity contribution in [3.05, 3.63) is 76.4 Å². The van der Waals surface area contributed by atoms with E-state index in [4.69, 9.17) is 4.74 Å². The fourth-order valence-electron chi connectivity index (χ4n) is 6.73. The summed E-state index contributed by atoms with van der Waals surface area (Å²) in [5, 5.41) is 17.7. The SMILES string of the molecule is CC1CN(Cc2cc3c(c(C(F)(F)F)c2)CN(c2cccc([C@]4(Cc5nncn5C)C[C@@H](C#N)C4)c2)C3=O)CCCO1. The maximum Gasteiger partial charge on any atom is 0.416 e. The number of carbonyl (C=O) groups excluding carboxylic acids is 1. The molecule has 3 heterocycles. The van der Waals surface area contributed by atoms with E-state index in [0.717, 1.165) is 24.4 Å². The zero-order valence-electron chi connectivity index (χ0n) is 23.7. The number of aryl methyl sites for hydroxylation is 1. The van der Waals surface area contributed by atoms with Crippen LogP contribution in [0.25, 0.3) is 0 Å². The maximum absolute atomic E-state index is 14.3. The molecule has 1 aliphatic carbocycles. The molecule has 2 aromatic carbocycles. The second-order valence-corrected chi connectivity index (χ2v) is 11.9. The zero-order valence-corrected chi connectivity index (χ0v) is 23.7. The predicted octanol–water partition coefficient (Wildman–Crippen LogP) is 5.02. The van der Waals surface area contributed by atoms with Gasteiger partial charge in [0.05, 0.1) is 24.3 Å². The van der Waals surface area contributed by atoms with Crippen LogP contribution in [-0.2, 0) is 42.9 Å². The van der Waals surface area contributed by atoms with Crippen LogP contribution in [0.2, 0.25) is 0 Å². The molecule has 6 rings (SSSR count). The Morgan fingerprint density at radius 2 is 2.02 bits per heavy atom. The molecule has 1 unspecified atom stereocenters. The lowest BCUT2D eigenvalue weighted by atomic mass is 9.57. The first kappa shape index (κ1) is 28.4. The average Bonchev–Trinajstić information content (AvgIpc) is 3.41. The van der Waals surface area contributed by atoms with E-state index in [-0.39, 0.29) is 35.1 Å². The van der Waals surface area contributed by atoms with Gasteiger partial charge in [0.15, 0.2) is 0 Å². The van der Waals surface area contributed by atoms with E-state index in [0.29, 0.717) is 50.2 Å². The third-order valence-corrected chi connectivity index (χ3v) is 8.88. The first-order chi connectivity index (χ1) is 20.1. The lowest BCUT2D eigenvalue weighted by molar-refractivity contribution is -0.138. The van der Waals surface area contributed by atoms with Crippen LogP contribution >= 0.6 is 0 Å². The Bertz CT molecular complexity index is 1540. The molecule has 8 nitrogen and oxygen atoms in total. The summed E-state index contributed by atoms with van der Waals surface area (Å²) in [5.74, 6) is 0.258. The Labute approximate surface area is 242 Å². The van der Waals surface area contributed by atoms with Gasteiger partial charge in [0.25, 0.3) is 5.91 Å². The van der Waals surface area contributed by atoms with Crippen LogP contribution in [0, 0.1) is 17.2 Å². The Kier molecular flexibility index (Phi) is 7.31. The highest BCUT2D eigenvalue weighted by Crippen LogP contribution is 2.50. The monoisotopic (exact) mass is 578 g/mol. The van der Waals surface area contributed by atoms with E-state index in [2.05, 4.69) is 21.2 Å². The van der Waals surface area contributed by atoms with Gasteiger partial charge in [-0.2, -0.15) is 18.4 Å². The molecule has 2 aliphatic heterocycles. The summed E-state index contributed by atoms with van der Waals surface area (Å²) in [4.78, 5) is 17.3. The molecular formula is C31H33F3N6O2. The van der Waals surface area contributed by atoms with Crippen LogP contribution in [0.4, 0.5) is 18.9 Å². The molecule has 0 radical (unpaired) electrons. The number of alkyl halides is 3. The summed E-state index contributed by atoms with van der Waals surface area (Å²) >= 11 is 0. The standard InChI is InChI=1S/C31H33F3N6O2/c1-20-16-39(7-4-8-42-20)17-21-9-25-26(27(10-21)31(32,33)34)18-40(29(25)41)24-6-3-5-23(11-24)30(12-22(13-30)15-35)14-28-37-36-19-38(28)2/h3,5-6,9-11,19-20,22H,4,7-8,12-14,16-18H2,1-2H3/t20?,22-,30-. The average molecular weight is 579 g/mol. The van der Waals surface area contributed by atoms with Gasteiger partial charge >= 0.3 is 6.18 Å². The number of ether oxygens (including phenoxy) is 1. The summed E-state index contributed by atoms with van der Waals surface area (Å²) < 4.78 is 50.6. The summed E-state index contributed by atoms with van der Waals surface area (Å²) in [6.07, 6.45) is -0.325. The predicted molar refractivity (Wildman–Crippen MR) is 148 cm³/mol. The van der Waals surface area contributed by atoms with Crippen LogP contribution in [0.15, 0.2) is 42.7 Å². The third kappa shape index (κ3) is 5.29. The van der Waals surface area contributed by atoms with Gasteiger partial charge in [0, 0.05) is 62.3 Å². The summed E-state index contributed by atoms with van der Waals surface area (Å²) in [6, 6.07) is 12.6. The number of halogens is 3. The molecular weight excluding hydrogens is 545 g/mol. The molecule has 0 N–H and O–H groups in total. The molecule has 3 aromatic rings. The number of hydrogen-bond acceptors (Lipinski definition) is 6. The van der Waals surface area contributed by atoms with Gasteiger partial charge < -0.3 is 14.2 Å².